The van der Waals surface area contributed by atoms with Gasteiger partial charge in [-0.15, -0.1) is 0 Å². The standard InChI is InChI=1S/C18H21ClN2O6/c1-17(2,3)27-16(24)18(4,20)15(23)21-9-6-7-10-11(8-9)13(22)26-14(25-5)12(10)19/h6-8H,20H2,1-5H3,(H,21,23)/t18-/m0/s1. The van der Waals surface area contributed by atoms with Gasteiger partial charge in [-0.1, -0.05) is 17.7 Å². The van der Waals surface area contributed by atoms with Gasteiger partial charge in [-0.3, -0.25) is 4.79 Å². The molecule has 0 saturated carbocycles. The number of halogens is 1. The highest BCUT2D eigenvalue weighted by molar-refractivity contribution is 6.36. The Morgan fingerprint density at radius 2 is 1.81 bits per heavy atom. The summed E-state index contributed by atoms with van der Waals surface area (Å²) in [6.45, 7) is 6.24. The number of rotatable bonds is 4. The minimum absolute atomic E-state index is 0.106. The number of methoxy groups -OCH3 is 1. The third-order valence-electron chi connectivity index (χ3n) is 3.58. The molecule has 0 saturated heterocycles. The van der Waals surface area contributed by atoms with Crippen molar-refractivity contribution >= 4 is 39.9 Å². The fourth-order valence-corrected chi connectivity index (χ4v) is 2.43. The van der Waals surface area contributed by atoms with Crippen molar-refractivity contribution in [1.82, 2.24) is 0 Å². The van der Waals surface area contributed by atoms with Crippen molar-refractivity contribution in [2.75, 3.05) is 12.4 Å². The zero-order valence-electron chi connectivity index (χ0n) is 15.6. The average Bonchev–Trinajstić information content (AvgIpc) is 2.56. The smallest absolute Gasteiger partial charge is 0.346 e. The highest BCUT2D eigenvalue weighted by Gasteiger charge is 2.40. The van der Waals surface area contributed by atoms with Crippen molar-refractivity contribution in [3.8, 4) is 5.95 Å². The molecular formula is C18H21ClN2O6. The molecule has 27 heavy (non-hydrogen) atoms. The van der Waals surface area contributed by atoms with Gasteiger partial charge in [-0.2, -0.15) is 0 Å². The summed E-state index contributed by atoms with van der Waals surface area (Å²) in [6.07, 6.45) is 0. The van der Waals surface area contributed by atoms with Gasteiger partial charge >= 0.3 is 17.5 Å². The van der Waals surface area contributed by atoms with Crippen molar-refractivity contribution in [3.05, 3.63) is 33.6 Å². The molecule has 146 valence electrons. The summed E-state index contributed by atoms with van der Waals surface area (Å²) in [4.78, 5) is 36.7. The number of esters is 1. The van der Waals surface area contributed by atoms with Crippen LogP contribution in [0, 0.1) is 0 Å². The zero-order chi connectivity index (χ0) is 20.6. The molecule has 0 fully saturated rings. The number of anilines is 1. The molecule has 0 aliphatic carbocycles. The normalized spacial score (nSPS) is 13.7. The van der Waals surface area contributed by atoms with Crippen LogP contribution in [0.15, 0.2) is 27.4 Å². The zero-order valence-corrected chi connectivity index (χ0v) is 16.4. The Kier molecular flexibility index (Phi) is 5.53. The molecule has 1 heterocycles. The predicted molar refractivity (Wildman–Crippen MR) is 101 cm³/mol. The number of ether oxygens (including phenoxy) is 2. The first kappa shape index (κ1) is 20.7. The molecule has 1 atom stereocenters. The first-order valence-electron chi connectivity index (χ1n) is 8.01. The molecule has 2 aromatic rings. The molecule has 0 spiro atoms. The number of nitrogens with one attached hydrogen (secondary N) is 1. The molecule has 1 aromatic carbocycles. The van der Waals surface area contributed by atoms with Crippen molar-refractivity contribution in [3.63, 3.8) is 0 Å². The van der Waals surface area contributed by atoms with E-state index in [1.165, 1.54) is 32.2 Å². The Morgan fingerprint density at radius 1 is 1.19 bits per heavy atom. The first-order valence-corrected chi connectivity index (χ1v) is 8.38. The Bertz CT molecular complexity index is 959. The number of nitrogens with two attached hydrogens (primary N) is 1. The SMILES string of the molecule is COc1oc(=O)c2cc(NC(=O)[C@](C)(N)C(=O)OC(C)(C)C)ccc2c1Cl. The maximum atomic E-state index is 12.5. The molecule has 0 bridgehead atoms. The van der Waals surface area contributed by atoms with Crippen LogP contribution in [-0.2, 0) is 14.3 Å². The number of fused-ring (bicyclic) bond motifs is 1. The molecule has 1 aromatic heterocycles. The van der Waals surface area contributed by atoms with Crippen molar-refractivity contribution < 1.29 is 23.5 Å². The lowest BCUT2D eigenvalue weighted by Gasteiger charge is -2.27. The number of carbonyl (C=O) groups is 2. The molecule has 2 rings (SSSR count). The van der Waals surface area contributed by atoms with E-state index in [2.05, 4.69) is 5.32 Å². The van der Waals surface area contributed by atoms with Crippen molar-refractivity contribution in [2.45, 2.75) is 38.8 Å². The summed E-state index contributed by atoms with van der Waals surface area (Å²) in [7, 11) is 1.32. The number of benzene rings is 1. The van der Waals surface area contributed by atoms with Crippen LogP contribution >= 0.6 is 11.6 Å². The minimum Gasteiger partial charge on any atom is -0.467 e. The summed E-state index contributed by atoms with van der Waals surface area (Å²) in [5, 5.41) is 3.15. The highest BCUT2D eigenvalue weighted by Crippen LogP contribution is 2.31. The summed E-state index contributed by atoms with van der Waals surface area (Å²) in [5.74, 6) is -1.77. The van der Waals surface area contributed by atoms with E-state index >= 15 is 0 Å². The summed E-state index contributed by atoms with van der Waals surface area (Å²) in [6, 6.07) is 4.40. The molecule has 0 aliphatic heterocycles. The van der Waals surface area contributed by atoms with E-state index in [9.17, 15) is 14.4 Å². The van der Waals surface area contributed by atoms with E-state index in [-0.39, 0.29) is 22.0 Å². The second-order valence-electron chi connectivity index (χ2n) is 7.11. The molecule has 1 amide bonds. The molecule has 3 N–H and O–H groups in total. The number of carbonyl (C=O) groups excluding carboxylic acids is 2. The van der Waals surface area contributed by atoms with E-state index in [1.807, 2.05) is 0 Å². The van der Waals surface area contributed by atoms with Crippen LogP contribution in [0.2, 0.25) is 5.02 Å². The first-order chi connectivity index (χ1) is 12.4. The molecule has 9 heteroatoms. The fourth-order valence-electron chi connectivity index (χ4n) is 2.15. The van der Waals surface area contributed by atoms with Gasteiger partial charge < -0.3 is 24.9 Å². The Balaban J connectivity index is 2.33. The van der Waals surface area contributed by atoms with Gasteiger partial charge in [0, 0.05) is 11.1 Å². The van der Waals surface area contributed by atoms with E-state index < -0.39 is 28.6 Å². The van der Waals surface area contributed by atoms with Crippen molar-refractivity contribution in [2.24, 2.45) is 5.73 Å². The predicted octanol–water partition coefficient (Wildman–Crippen LogP) is 2.45. The molecular weight excluding hydrogens is 376 g/mol. The Hall–Kier alpha value is -2.58. The van der Waals surface area contributed by atoms with Crippen LogP contribution < -0.4 is 21.4 Å². The molecule has 0 radical (unpaired) electrons. The monoisotopic (exact) mass is 396 g/mol. The highest BCUT2D eigenvalue weighted by atomic mass is 35.5. The second-order valence-corrected chi connectivity index (χ2v) is 7.49. The minimum atomic E-state index is -1.93. The lowest BCUT2D eigenvalue weighted by molar-refractivity contribution is -0.162. The van der Waals surface area contributed by atoms with Gasteiger partial charge in [0.2, 0.25) is 0 Å². The summed E-state index contributed by atoms with van der Waals surface area (Å²) >= 11 is 6.12. The maximum Gasteiger partial charge on any atom is 0.346 e. The van der Waals surface area contributed by atoms with Gasteiger partial charge in [0.25, 0.3) is 5.91 Å². The van der Waals surface area contributed by atoms with Crippen LogP contribution in [0.25, 0.3) is 10.8 Å². The second kappa shape index (κ2) is 7.21. The van der Waals surface area contributed by atoms with E-state index in [0.717, 1.165) is 0 Å². The molecule has 0 unspecified atom stereocenters. The maximum absolute atomic E-state index is 12.5. The fraction of sp³-hybridized carbons (Fsp3) is 0.389. The Labute approximate surface area is 160 Å². The lowest BCUT2D eigenvalue weighted by atomic mass is 10.0. The quantitative estimate of drug-likeness (QED) is 0.601. The van der Waals surface area contributed by atoms with Gasteiger partial charge in [0.1, 0.15) is 10.6 Å². The number of hydrogen-bond acceptors (Lipinski definition) is 7. The van der Waals surface area contributed by atoms with Gasteiger partial charge in [-0.25, -0.2) is 9.59 Å². The van der Waals surface area contributed by atoms with Crippen LogP contribution in [0.3, 0.4) is 0 Å². The average molecular weight is 397 g/mol. The van der Waals surface area contributed by atoms with Crippen LogP contribution in [0.4, 0.5) is 5.69 Å². The van der Waals surface area contributed by atoms with Crippen LogP contribution in [0.5, 0.6) is 5.95 Å². The molecule has 8 nitrogen and oxygen atoms in total. The van der Waals surface area contributed by atoms with Gasteiger partial charge in [0.15, 0.2) is 5.54 Å². The lowest BCUT2D eigenvalue weighted by Crippen LogP contribution is -2.57. The third kappa shape index (κ3) is 4.40. The number of hydrogen-bond donors (Lipinski definition) is 2. The summed E-state index contributed by atoms with van der Waals surface area (Å²) in [5.41, 5.74) is 2.68. The molecule has 0 aliphatic rings. The largest absolute Gasteiger partial charge is 0.467 e. The van der Waals surface area contributed by atoms with E-state index in [1.54, 1.807) is 20.8 Å². The Morgan fingerprint density at radius 3 is 2.37 bits per heavy atom. The summed E-state index contributed by atoms with van der Waals surface area (Å²) < 4.78 is 15.0. The van der Waals surface area contributed by atoms with E-state index in [4.69, 9.17) is 31.2 Å². The topological polar surface area (TPSA) is 121 Å². The van der Waals surface area contributed by atoms with Crippen molar-refractivity contribution in [1.29, 1.82) is 0 Å². The van der Waals surface area contributed by atoms with Crippen LogP contribution in [-0.4, -0.2) is 30.1 Å². The van der Waals surface area contributed by atoms with Crippen LogP contribution in [0.1, 0.15) is 27.7 Å². The van der Waals surface area contributed by atoms with E-state index in [0.29, 0.717) is 5.39 Å². The number of amides is 1. The van der Waals surface area contributed by atoms with Gasteiger partial charge in [-0.05, 0) is 39.8 Å². The third-order valence-corrected chi connectivity index (χ3v) is 3.94. The van der Waals surface area contributed by atoms with Gasteiger partial charge in [0.05, 0.1) is 12.5 Å².